The lowest BCUT2D eigenvalue weighted by atomic mass is 9.94. The van der Waals surface area contributed by atoms with Gasteiger partial charge in [-0.05, 0) is 43.1 Å². The normalized spacial score (nSPS) is 17.0. The number of hydrogen-bond acceptors (Lipinski definition) is 2. The molecule has 1 fully saturated rings. The van der Waals surface area contributed by atoms with E-state index in [1.54, 1.807) is 6.07 Å². The van der Waals surface area contributed by atoms with Gasteiger partial charge in [0, 0.05) is 4.47 Å². The molecule has 1 aliphatic rings. The monoisotopic (exact) mass is 241 g/mol. The maximum atomic E-state index is 9.61. The molecule has 1 aromatic rings. The fourth-order valence-electron chi connectivity index (χ4n) is 1.51. The van der Waals surface area contributed by atoms with Crippen LogP contribution in [0.25, 0.3) is 0 Å². The Balaban J connectivity index is 2.10. The second-order valence-corrected chi connectivity index (χ2v) is 4.42. The predicted octanol–water partition coefficient (Wildman–Crippen LogP) is 1.92. The predicted molar refractivity (Wildman–Crippen MR) is 55.9 cm³/mol. The van der Waals surface area contributed by atoms with Crippen molar-refractivity contribution in [1.82, 2.24) is 5.32 Å². The van der Waals surface area contributed by atoms with Crippen molar-refractivity contribution in [2.24, 2.45) is 5.92 Å². The Morgan fingerprint density at radius 1 is 1.46 bits per heavy atom. The maximum absolute atomic E-state index is 9.61. The summed E-state index contributed by atoms with van der Waals surface area (Å²) >= 11 is 3.32. The van der Waals surface area contributed by atoms with E-state index in [1.165, 1.54) is 0 Å². The van der Waals surface area contributed by atoms with Crippen LogP contribution in [-0.2, 0) is 6.42 Å². The Morgan fingerprint density at radius 3 is 2.77 bits per heavy atom. The summed E-state index contributed by atoms with van der Waals surface area (Å²) in [6.07, 6.45) is 0.978. The lowest BCUT2D eigenvalue weighted by molar-refractivity contribution is 0.341. The van der Waals surface area contributed by atoms with Crippen LogP contribution in [0.1, 0.15) is 5.56 Å². The average Bonchev–Trinajstić information content (AvgIpc) is 1.99. The van der Waals surface area contributed by atoms with Gasteiger partial charge in [0.2, 0.25) is 0 Å². The van der Waals surface area contributed by atoms with Gasteiger partial charge in [-0.15, -0.1) is 0 Å². The molecule has 0 unspecified atom stereocenters. The summed E-state index contributed by atoms with van der Waals surface area (Å²) in [5, 5.41) is 12.8. The van der Waals surface area contributed by atoms with Crippen molar-refractivity contribution in [3.8, 4) is 5.75 Å². The topological polar surface area (TPSA) is 32.3 Å². The van der Waals surface area contributed by atoms with Crippen molar-refractivity contribution >= 4 is 15.9 Å². The van der Waals surface area contributed by atoms with Gasteiger partial charge in [0.05, 0.1) is 0 Å². The van der Waals surface area contributed by atoms with Crippen LogP contribution in [0.3, 0.4) is 0 Å². The van der Waals surface area contributed by atoms with E-state index in [4.69, 9.17) is 0 Å². The van der Waals surface area contributed by atoms with Crippen molar-refractivity contribution in [3.05, 3.63) is 28.2 Å². The molecule has 3 heteroatoms. The molecule has 0 aromatic heterocycles. The molecule has 0 amide bonds. The second-order valence-electron chi connectivity index (χ2n) is 3.50. The molecule has 1 saturated heterocycles. The zero-order chi connectivity index (χ0) is 9.26. The van der Waals surface area contributed by atoms with E-state index in [0.717, 1.165) is 29.5 Å². The number of phenols is 1. The minimum atomic E-state index is 0.404. The van der Waals surface area contributed by atoms with E-state index in [-0.39, 0.29) is 0 Å². The molecule has 70 valence electrons. The molecular formula is C10H12BrNO. The standard InChI is InChI=1S/C10H12BrNO/c11-9-2-1-8(10(13)4-9)3-7-5-12-6-7/h1-2,4,7,12-13H,3,5-6H2. The van der Waals surface area contributed by atoms with Crippen LogP contribution in [0, 0.1) is 5.92 Å². The van der Waals surface area contributed by atoms with Gasteiger partial charge < -0.3 is 10.4 Å². The van der Waals surface area contributed by atoms with E-state index in [0.29, 0.717) is 11.7 Å². The largest absolute Gasteiger partial charge is 0.508 e. The van der Waals surface area contributed by atoms with Crippen molar-refractivity contribution in [2.75, 3.05) is 13.1 Å². The molecule has 0 saturated carbocycles. The number of phenolic OH excluding ortho intramolecular Hbond substituents is 1. The van der Waals surface area contributed by atoms with Crippen molar-refractivity contribution < 1.29 is 5.11 Å². The van der Waals surface area contributed by atoms with E-state index in [1.807, 2.05) is 12.1 Å². The van der Waals surface area contributed by atoms with Crippen LogP contribution in [0.5, 0.6) is 5.75 Å². The molecule has 13 heavy (non-hydrogen) atoms. The molecular weight excluding hydrogens is 230 g/mol. The number of halogens is 1. The highest BCUT2D eigenvalue weighted by Gasteiger charge is 2.18. The van der Waals surface area contributed by atoms with E-state index in [2.05, 4.69) is 21.2 Å². The summed E-state index contributed by atoms with van der Waals surface area (Å²) in [5.74, 6) is 1.10. The molecule has 0 bridgehead atoms. The highest BCUT2D eigenvalue weighted by molar-refractivity contribution is 9.10. The molecule has 0 spiro atoms. The summed E-state index contributed by atoms with van der Waals surface area (Å²) in [4.78, 5) is 0. The zero-order valence-electron chi connectivity index (χ0n) is 7.26. The first-order valence-electron chi connectivity index (χ1n) is 4.44. The molecule has 2 rings (SSSR count). The zero-order valence-corrected chi connectivity index (χ0v) is 8.84. The number of nitrogens with one attached hydrogen (secondary N) is 1. The Bertz CT molecular complexity index is 310. The SMILES string of the molecule is Oc1cc(Br)ccc1CC1CNC1. The summed E-state index contributed by atoms with van der Waals surface area (Å²) < 4.78 is 0.931. The first kappa shape index (κ1) is 9.03. The summed E-state index contributed by atoms with van der Waals surface area (Å²) in [5.41, 5.74) is 1.05. The van der Waals surface area contributed by atoms with Crippen molar-refractivity contribution in [3.63, 3.8) is 0 Å². The van der Waals surface area contributed by atoms with Crippen molar-refractivity contribution in [2.45, 2.75) is 6.42 Å². The van der Waals surface area contributed by atoms with Gasteiger partial charge in [-0.3, -0.25) is 0 Å². The molecule has 2 N–H and O–H groups in total. The van der Waals surface area contributed by atoms with Crippen LogP contribution in [0.15, 0.2) is 22.7 Å². The quantitative estimate of drug-likeness (QED) is 0.830. The van der Waals surface area contributed by atoms with E-state index in [9.17, 15) is 5.11 Å². The van der Waals surface area contributed by atoms with Gasteiger partial charge in [0.25, 0.3) is 0 Å². The first-order valence-corrected chi connectivity index (χ1v) is 5.23. The molecule has 2 nitrogen and oxygen atoms in total. The van der Waals surface area contributed by atoms with Gasteiger partial charge in [0.15, 0.2) is 0 Å². The average molecular weight is 242 g/mol. The smallest absolute Gasteiger partial charge is 0.119 e. The Labute approximate surface area is 86.1 Å². The van der Waals surface area contributed by atoms with Crippen LogP contribution >= 0.6 is 15.9 Å². The molecule has 1 aliphatic heterocycles. The lowest BCUT2D eigenvalue weighted by Gasteiger charge is -2.27. The molecule has 1 heterocycles. The van der Waals surface area contributed by atoms with Crippen LogP contribution in [0.2, 0.25) is 0 Å². The second kappa shape index (κ2) is 3.68. The molecule has 1 aromatic carbocycles. The van der Waals surface area contributed by atoms with E-state index >= 15 is 0 Å². The van der Waals surface area contributed by atoms with Gasteiger partial charge in [-0.2, -0.15) is 0 Å². The molecule has 0 atom stereocenters. The number of benzene rings is 1. The Hall–Kier alpha value is -0.540. The fourth-order valence-corrected chi connectivity index (χ4v) is 1.86. The summed E-state index contributed by atoms with van der Waals surface area (Å²) in [6.45, 7) is 2.16. The van der Waals surface area contributed by atoms with Crippen LogP contribution in [-0.4, -0.2) is 18.2 Å². The highest BCUT2D eigenvalue weighted by atomic mass is 79.9. The third-order valence-corrected chi connectivity index (χ3v) is 2.92. The highest BCUT2D eigenvalue weighted by Crippen LogP contribution is 2.25. The Morgan fingerprint density at radius 2 is 2.23 bits per heavy atom. The number of rotatable bonds is 2. The summed E-state index contributed by atoms with van der Waals surface area (Å²) in [7, 11) is 0. The van der Waals surface area contributed by atoms with Gasteiger partial charge in [-0.1, -0.05) is 22.0 Å². The maximum Gasteiger partial charge on any atom is 0.119 e. The molecule has 0 aliphatic carbocycles. The van der Waals surface area contributed by atoms with Gasteiger partial charge >= 0.3 is 0 Å². The Kier molecular flexibility index (Phi) is 2.56. The lowest BCUT2D eigenvalue weighted by Crippen LogP contribution is -2.43. The minimum Gasteiger partial charge on any atom is -0.508 e. The third-order valence-electron chi connectivity index (χ3n) is 2.42. The van der Waals surface area contributed by atoms with Crippen LogP contribution < -0.4 is 5.32 Å². The van der Waals surface area contributed by atoms with Crippen molar-refractivity contribution in [1.29, 1.82) is 0 Å². The van der Waals surface area contributed by atoms with Gasteiger partial charge in [-0.25, -0.2) is 0 Å². The molecule has 0 radical (unpaired) electrons. The van der Waals surface area contributed by atoms with Gasteiger partial charge in [0.1, 0.15) is 5.75 Å². The fraction of sp³-hybridized carbons (Fsp3) is 0.400. The minimum absolute atomic E-state index is 0.404. The van der Waals surface area contributed by atoms with Crippen LogP contribution in [0.4, 0.5) is 0 Å². The van der Waals surface area contributed by atoms with E-state index < -0.39 is 0 Å². The third kappa shape index (κ3) is 2.03. The first-order chi connectivity index (χ1) is 6.25. The summed E-state index contributed by atoms with van der Waals surface area (Å²) in [6, 6.07) is 5.71. The number of hydrogen-bond donors (Lipinski definition) is 2. The number of aromatic hydroxyl groups is 1.